The van der Waals surface area contributed by atoms with E-state index in [2.05, 4.69) is 5.32 Å². The quantitative estimate of drug-likeness (QED) is 0.773. The van der Waals surface area contributed by atoms with Crippen LogP contribution in [0.5, 0.6) is 0 Å². The smallest absolute Gasteiger partial charge is 0.211 e. The summed E-state index contributed by atoms with van der Waals surface area (Å²) in [5.74, 6) is 0. The summed E-state index contributed by atoms with van der Waals surface area (Å²) >= 11 is 0. The van der Waals surface area contributed by atoms with Crippen LogP contribution < -0.4 is 5.32 Å². The molecule has 0 saturated carbocycles. The third-order valence-corrected chi connectivity index (χ3v) is 5.00. The van der Waals surface area contributed by atoms with Crippen LogP contribution in [0.25, 0.3) is 0 Å². The zero-order chi connectivity index (χ0) is 11.1. The maximum absolute atomic E-state index is 11.6. The minimum Gasteiger partial charge on any atom is -0.311 e. The molecular formula is C10H20N2O2S. The highest BCUT2D eigenvalue weighted by atomic mass is 32.2. The molecule has 0 aromatic carbocycles. The number of hydrogen-bond acceptors (Lipinski definition) is 3. The number of fused-ring (bicyclic) bond motifs is 2. The summed E-state index contributed by atoms with van der Waals surface area (Å²) in [5, 5.41) is 3.53. The van der Waals surface area contributed by atoms with Crippen molar-refractivity contribution in [3.8, 4) is 0 Å². The Morgan fingerprint density at radius 2 is 1.80 bits per heavy atom. The van der Waals surface area contributed by atoms with E-state index in [0.717, 1.165) is 12.8 Å². The number of nitrogens with one attached hydrogen (secondary N) is 1. The Hall–Kier alpha value is -0.130. The first-order valence-corrected chi connectivity index (χ1v) is 7.58. The van der Waals surface area contributed by atoms with Gasteiger partial charge >= 0.3 is 0 Å². The van der Waals surface area contributed by atoms with Crippen molar-refractivity contribution in [3.63, 3.8) is 0 Å². The fourth-order valence-electron chi connectivity index (χ4n) is 3.03. The van der Waals surface area contributed by atoms with E-state index in [-0.39, 0.29) is 6.04 Å². The van der Waals surface area contributed by atoms with E-state index in [1.165, 1.54) is 19.1 Å². The number of rotatable bonds is 3. The second kappa shape index (κ2) is 4.03. The molecule has 0 aromatic rings. The monoisotopic (exact) mass is 232 g/mol. The van der Waals surface area contributed by atoms with Crippen LogP contribution in [0.2, 0.25) is 0 Å². The Kier molecular flexibility index (Phi) is 3.05. The van der Waals surface area contributed by atoms with Crippen molar-refractivity contribution < 1.29 is 8.42 Å². The van der Waals surface area contributed by atoms with Gasteiger partial charge in [-0.05, 0) is 25.7 Å². The van der Waals surface area contributed by atoms with Gasteiger partial charge in [-0.2, -0.15) is 4.31 Å². The molecule has 2 fully saturated rings. The van der Waals surface area contributed by atoms with Gasteiger partial charge in [-0.25, -0.2) is 8.42 Å². The molecule has 5 heteroatoms. The van der Waals surface area contributed by atoms with Gasteiger partial charge in [0.25, 0.3) is 0 Å². The van der Waals surface area contributed by atoms with E-state index in [1.54, 1.807) is 4.31 Å². The van der Waals surface area contributed by atoms with Gasteiger partial charge in [0.15, 0.2) is 0 Å². The van der Waals surface area contributed by atoms with E-state index in [1.807, 2.05) is 6.92 Å². The largest absolute Gasteiger partial charge is 0.311 e. The summed E-state index contributed by atoms with van der Waals surface area (Å²) in [5.41, 5.74) is 0. The van der Waals surface area contributed by atoms with Crippen LogP contribution in [0.1, 0.15) is 32.6 Å². The molecular weight excluding hydrogens is 212 g/mol. The molecule has 0 aromatic heterocycles. The second-order valence-corrected chi connectivity index (χ2v) is 6.66. The molecule has 88 valence electrons. The molecule has 2 saturated heterocycles. The van der Waals surface area contributed by atoms with Gasteiger partial charge in [-0.15, -0.1) is 0 Å². The predicted molar refractivity (Wildman–Crippen MR) is 60.2 cm³/mol. The van der Waals surface area contributed by atoms with Crippen LogP contribution in [0.15, 0.2) is 0 Å². The zero-order valence-corrected chi connectivity index (χ0v) is 10.3. The molecule has 2 aliphatic rings. The van der Waals surface area contributed by atoms with Crippen LogP contribution in [0, 0.1) is 0 Å². The molecule has 2 unspecified atom stereocenters. The molecule has 0 amide bonds. The Morgan fingerprint density at radius 1 is 1.27 bits per heavy atom. The molecule has 2 bridgehead atoms. The Labute approximate surface area is 92.1 Å². The van der Waals surface area contributed by atoms with Crippen molar-refractivity contribution in [1.29, 1.82) is 0 Å². The molecule has 1 N–H and O–H groups in total. The maximum Gasteiger partial charge on any atom is 0.211 e. The average Bonchev–Trinajstić information content (AvgIpc) is 2.44. The lowest BCUT2D eigenvalue weighted by Crippen LogP contribution is -2.49. The highest BCUT2D eigenvalue weighted by molar-refractivity contribution is 7.88. The summed E-state index contributed by atoms with van der Waals surface area (Å²) in [6.45, 7) is 2.52. The van der Waals surface area contributed by atoms with Crippen molar-refractivity contribution in [2.75, 3.05) is 12.8 Å². The second-order valence-electron chi connectivity index (χ2n) is 4.73. The number of nitrogens with zero attached hydrogens (tertiary/aromatic N) is 1. The Balaban J connectivity index is 2.10. The van der Waals surface area contributed by atoms with Crippen LogP contribution >= 0.6 is 0 Å². The van der Waals surface area contributed by atoms with Crippen molar-refractivity contribution in [1.82, 2.24) is 9.62 Å². The molecule has 0 radical (unpaired) electrons. The van der Waals surface area contributed by atoms with Crippen LogP contribution in [0.3, 0.4) is 0 Å². The first-order valence-electron chi connectivity index (χ1n) is 5.73. The van der Waals surface area contributed by atoms with E-state index in [0.29, 0.717) is 18.6 Å². The first-order chi connectivity index (χ1) is 7.00. The fraction of sp³-hybridized carbons (Fsp3) is 1.00. The molecule has 4 nitrogen and oxygen atoms in total. The minimum atomic E-state index is -3.03. The van der Waals surface area contributed by atoms with Gasteiger partial charge < -0.3 is 5.32 Å². The topological polar surface area (TPSA) is 49.4 Å². The van der Waals surface area contributed by atoms with Crippen molar-refractivity contribution >= 4 is 10.0 Å². The lowest BCUT2D eigenvalue weighted by Gasteiger charge is -2.35. The lowest BCUT2D eigenvalue weighted by atomic mass is 10.00. The molecule has 2 aliphatic heterocycles. The van der Waals surface area contributed by atoms with Gasteiger partial charge in [-0.3, -0.25) is 0 Å². The Morgan fingerprint density at radius 3 is 2.20 bits per heavy atom. The number of piperidine rings is 1. The van der Waals surface area contributed by atoms with Crippen LogP contribution in [0.4, 0.5) is 0 Å². The third kappa shape index (κ3) is 2.34. The third-order valence-electron chi connectivity index (χ3n) is 3.59. The molecule has 0 aliphatic carbocycles. The summed E-state index contributed by atoms with van der Waals surface area (Å²) in [4.78, 5) is 0. The van der Waals surface area contributed by atoms with E-state index in [9.17, 15) is 8.42 Å². The minimum absolute atomic E-state index is 0.226. The SMILES string of the molecule is CCN(C1CC2CCC(C1)N2)S(C)(=O)=O. The number of hydrogen-bond donors (Lipinski definition) is 1. The summed E-state index contributed by atoms with van der Waals surface area (Å²) < 4.78 is 24.9. The number of sulfonamides is 1. The van der Waals surface area contributed by atoms with Crippen molar-refractivity contribution in [2.24, 2.45) is 0 Å². The standard InChI is InChI=1S/C10H20N2O2S/c1-3-12(15(2,13)14)10-6-8-4-5-9(7-10)11-8/h8-11H,3-7H2,1-2H3. The maximum atomic E-state index is 11.6. The summed E-state index contributed by atoms with van der Waals surface area (Å²) in [7, 11) is -3.03. The fourth-order valence-corrected chi connectivity index (χ4v) is 4.21. The summed E-state index contributed by atoms with van der Waals surface area (Å²) in [6.07, 6.45) is 5.71. The van der Waals surface area contributed by atoms with Gasteiger partial charge in [0, 0.05) is 24.7 Å². The van der Waals surface area contributed by atoms with Gasteiger partial charge in [0.2, 0.25) is 10.0 Å². The lowest BCUT2D eigenvalue weighted by molar-refractivity contribution is 0.233. The van der Waals surface area contributed by atoms with Gasteiger partial charge in [0.1, 0.15) is 0 Å². The van der Waals surface area contributed by atoms with E-state index >= 15 is 0 Å². The van der Waals surface area contributed by atoms with Gasteiger partial charge in [-0.1, -0.05) is 6.92 Å². The van der Waals surface area contributed by atoms with Gasteiger partial charge in [0.05, 0.1) is 6.26 Å². The molecule has 15 heavy (non-hydrogen) atoms. The zero-order valence-electron chi connectivity index (χ0n) is 9.44. The average molecular weight is 232 g/mol. The highest BCUT2D eigenvalue weighted by Gasteiger charge is 2.38. The first kappa shape index (κ1) is 11.4. The van der Waals surface area contributed by atoms with E-state index in [4.69, 9.17) is 0 Å². The summed E-state index contributed by atoms with van der Waals surface area (Å²) in [6, 6.07) is 1.32. The molecule has 2 atom stereocenters. The Bertz CT molecular complexity index is 316. The van der Waals surface area contributed by atoms with E-state index < -0.39 is 10.0 Å². The van der Waals surface area contributed by atoms with Crippen LogP contribution in [-0.4, -0.2) is 43.6 Å². The molecule has 2 heterocycles. The molecule has 0 spiro atoms. The predicted octanol–water partition coefficient (Wildman–Crippen LogP) is 0.551. The normalized spacial score (nSPS) is 36.1. The molecule has 2 rings (SSSR count). The highest BCUT2D eigenvalue weighted by Crippen LogP contribution is 2.30. The van der Waals surface area contributed by atoms with Crippen molar-refractivity contribution in [2.45, 2.75) is 50.7 Å². The van der Waals surface area contributed by atoms with Crippen LogP contribution in [-0.2, 0) is 10.0 Å². The van der Waals surface area contributed by atoms with Crippen molar-refractivity contribution in [3.05, 3.63) is 0 Å².